The molecule has 0 radical (unpaired) electrons. The van der Waals surface area contributed by atoms with Crippen LogP contribution >= 0.6 is 11.6 Å². The van der Waals surface area contributed by atoms with Crippen molar-refractivity contribution in [3.8, 4) is 0 Å². The van der Waals surface area contributed by atoms with Crippen LogP contribution in [-0.2, 0) is 9.53 Å². The van der Waals surface area contributed by atoms with E-state index in [2.05, 4.69) is 11.7 Å². The van der Waals surface area contributed by atoms with Crippen molar-refractivity contribution in [3.05, 3.63) is 0 Å². The van der Waals surface area contributed by atoms with Crippen LogP contribution in [-0.4, -0.2) is 18.5 Å². The fourth-order valence-electron chi connectivity index (χ4n) is 1.03. The number of ether oxygens (including phenoxy) is 1. The molecule has 2 nitrogen and oxygen atoms in total. The number of rotatable bonds is 6. The zero-order valence-electron chi connectivity index (χ0n) is 7.81. The molecule has 12 heavy (non-hydrogen) atoms. The summed E-state index contributed by atoms with van der Waals surface area (Å²) in [6, 6.07) is 0. The Bertz CT molecular complexity index is 126. The van der Waals surface area contributed by atoms with Crippen molar-refractivity contribution in [1.29, 1.82) is 0 Å². The Balaban J connectivity index is 3.24. The molecular weight excluding hydrogens is 176 g/mol. The van der Waals surface area contributed by atoms with Crippen LogP contribution in [0.3, 0.4) is 0 Å². The summed E-state index contributed by atoms with van der Waals surface area (Å²) in [6.07, 6.45) is 4.36. The van der Waals surface area contributed by atoms with Crippen LogP contribution in [0.15, 0.2) is 0 Å². The molecule has 0 aliphatic rings. The van der Waals surface area contributed by atoms with Gasteiger partial charge in [-0.15, -0.1) is 11.6 Å². The number of carbonyl (C=O) groups is 1. The Morgan fingerprint density at radius 2 is 2.17 bits per heavy atom. The monoisotopic (exact) mass is 192 g/mol. The third-order valence-electron chi connectivity index (χ3n) is 1.73. The van der Waals surface area contributed by atoms with Crippen LogP contribution in [0.1, 0.15) is 39.0 Å². The minimum absolute atomic E-state index is 0.143. The van der Waals surface area contributed by atoms with Gasteiger partial charge in [0.1, 0.15) is 0 Å². The lowest BCUT2D eigenvalue weighted by atomic mass is 10.1. The molecule has 0 fully saturated rings. The van der Waals surface area contributed by atoms with E-state index in [9.17, 15) is 4.79 Å². The van der Waals surface area contributed by atoms with E-state index in [0.29, 0.717) is 6.42 Å². The molecule has 72 valence electrons. The SMILES string of the molecule is CCCC(Cl)CCCC(=O)OC. The normalized spacial score (nSPS) is 12.6. The Kier molecular flexibility index (Phi) is 7.26. The van der Waals surface area contributed by atoms with Gasteiger partial charge in [-0.05, 0) is 19.3 Å². The molecule has 0 N–H and O–H groups in total. The molecule has 0 bridgehead atoms. The quantitative estimate of drug-likeness (QED) is 0.478. The Hall–Kier alpha value is -0.240. The number of esters is 1. The van der Waals surface area contributed by atoms with E-state index in [-0.39, 0.29) is 11.3 Å². The van der Waals surface area contributed by atoms with E-state index >= 15 is 0 Å². The number of alkyl halides is 1. The van der Waals surface area contributed by atoms with Crippen LogP contribution in [0.4, 0.5) is 0 Å². The second-order valence-corrected chi connectivity index (χ2v) is 3.47. The molecule has 0 saturated heterocycles. The van der Waals surface area contributed by atoms with E-state index in [1.807, 2.05) is 0 Å². The topological polar surface area (TPSA) is 26.3 Å². The van der Waals surface area contributed by atoms with Gasteiger partial charge in [-0.2, -0.15) is 0 Å². The zero-order chi connectivity index (χ0) is 9.40. The van der Waals surface area contributed by atoms with E-state index in [4.69, 9.17) is 11.6 Å². The summed E-state index contributed by atoms with van der Waals surface area (Å²) in [5.74, 6) is -0.143. The average Bonchev–Trinajstić information content (AvgIpc) is 2.04. The molecule has 3 heteroatoms. The highest BCUT2D eigenvalue weighted by Gasteiger charge is 2.05. The largest absolute Gasteiger partial charge is 0.469 e. The second kappa shape index (κ2) is 7.41. The number of hydrogen-bond acceptors (Lipinski definition) is 2. The zero-order valence-corrected chi connectivity index (χ0v) is 8.56. The summed E-state index contributed by atoms with van der Waals surface area (Å²) in [5, 5.41) is 0.222. The minimum atomic E-state index is -0.143. The van der Waals surface area contributed by atoms with Crippen molar-refractivity contribution in [2.45, 2.75) is 44.4 Å². The molecule has 0 rings (SSSR count). The van der Waals surface area contributed by atoms with Gasteiger partial charge in [0, 0.05) is 11.8 Å². The first-order chi connectivity index (χ1) is 5.70. The van der Waals surface area contributed by atoms with E-state index < -0.39 is 0 Å². The molecule has 0 heterocycles. The van der Waals surface area contributed by atoms with Gasteiger partial charge in [-0.1, -0.05) is 13.3 Å². The molecule has 0 aromatic rings. The van der Waals surface area contributed by atoms with Crippen LogP contribution in [0.2, 0.25) is 0 Å². The summed E-state index contributed by atoms with van der Waals surface area (Å²) < 4.78 is 4.51. The molecule has 1 unspecified atom stereocenters. The van der Waals surface area contributed by atoms with Gasteiger partial charge in [-0.3, -0.25) is 4.79 Å². The van der Waals surface area contributed by atoms with Crippen LogP contribution in [0.25, 0.3) is 0 Å². The molecule has 0 aliphatic heterocycles. The molecular formula is C9H17ClO2. The van der Waals surface area contributed by atoms with Crippen molar-refractivity contribution < 1.29 is 9.53 Å². The first-order valence-electron chi connectivity index (χ1n) is 4.41. The Morgan fingerprint density at radius 1 is 1.50 bits per heavy atom. The van der Waals surface area contributed by atoms with Crippen molar-refractivity contribution in [3.63, 3.8) is 0 Å². The first-order valence-corrected chi connectivity index (χ1v) is 4.85. The lowest BCUT2D eigenvalue weighted by molar-refractivity contribution is -0.140. The van der Waals surface area contributed by atoms with Crippen LogP contribution in [0.5, 0.6) is 0 Å². The van der Waals surface area contributed by atoms with Gasteiger partial charge in [0.15, 0.2) is 0 Å². The van der Waals surface area contributed by atoms with Gasteiger partial charge in [-0.25, -0.2) is 0 Å². The highest BCUT2D eigenvalue weighted by molar-refractivity contribution is 6.20. The van der Waals surface area contributed by atoms with Gasteiger partial charge >= 0.3 is 5.97 Å². The van der Waals surface area contributed by atoms with Crippen molar-refractivity contribution in [1.82, 2.24) is 0 Å². The molecule has 0 aromatic heterocycles. The van der Waals surface area contributed by atoms with Crippen LogP contribution < -0.4 is 0 Å². The molecule has 0 spiro atoms. The van der Waals surface area contributed by atoms with Gasteiger partial charge in [0.05, 0.1) is 7.11 Å². The summed E-state index contributed by atoms with van der Waals surface area (Å²) >= 11 is 5.96. The highest BCUT2D eigenvalue weighted by atomic mass is 35.5. The predicted molar refractivity (Wildman–Crippen MR) is 50.4 cm³/mol. The van der Waals surface area contributed by atoms with Crippen molar-refractivity contribution in [2.75, 3.05) is 7.11 Å². The smallest absolute Gasteiger partial charge is 0.305 e. The predicted octanol–water partition coefficient (Wildman–Crippen LogP) is 2.74. The summed E-state index contributed by atoms with van der Waals surface area (Å²) in [7, 11) is 1.41. The van der Waals surface area contributed by atoms with Crippen molar-refractivity contribution in [2.24, 2.45) is 0 Å². The maximum Gasteiger partial charge on any atom is 0.305 e. The van der Waals surface area contributed by atoms with E-state index in [1.165, 1.54) is 7.11 Å². The summed E-state index contributed by atoms with van der Waals surface area (Å²) in [4.78, 5) is 10.7. The van der Waals surface area contributed by atoms with Crippen molar-refractivity contribution >= 4 is 17.6 Å². The average molecular weight is 193 g/mol. The fraction of sp³-hybridized carbons (Fsp3) is 0.889. The maximum atomic E-state index is 10.7. The third kappa shape index (κ3) is 6.47. The minimum Gasteiger partial charge on any atom is -0.469 e. The lowest BCUT2D eigenvalue weighted by Gasteiger charge is -2.05. The summed E-state index contributed by atoms with van der Waals surface area (Å²) in [6.45, 7) is 2.11. The van der Waals surface area contributed by atoms with E-state index in [1.54, 1.807) is 0 Å². The van der Waals surface area contributed by atoms with Crippen LogP contribution in [0, 0.1) is 0 Å². The number of carbonyl (C=O) groups excluding carboxylic acids is 1. The van der Waals surface area contributed by atoms with Gasteiger partial charge in [0.2, 0.25) is 0 Å². The first kappa shape index (κ1) is 11.8. The standard InChI is InChI=1S/C9H17ClO2/c1-3-5-8(10)6-4-7-9(11)12-2/h8H,3-7H2,1-2H3. The fourth-order valence-corrected chi connectivity index (χ4v) is 1.40. The lowest BCUT2D eigenvalue weighted by Crippen LogP contribution is -2.03. The van der Waals surface area contributed by atoms with E-state index in [0.717, 1.165) is 25.7 Å². The summed E-state index contributed by atoms with van der Waals surface area (Å²) in [5.41, 5.74) is 0. The Morgan fingerprint density at radius 3 is 2.67 bits per heavy atom. The molecule has 0 saturated carbocycles. The number of hydrogen-bond donors (Lipinski definition) is 0. The highest BCUT2D eigenvalue weighted by Crippen LogP contribution is 2.13. The molecule has 0 aromatic carbocycles. The molecule has 0 amide bonds. The van der Waals surface area contributed by atoms with Gasteiger partial charge < -0.3 is 4.74 Å². The second-order valence-electron chi connectivity index (χ2n) is 2.85. The Labute approximate surface area is 79.2 Å². The van der Waals surface area contributed by atoms with Gasteiger partial charge in [0.25, 0.3) is 0 Å². The number of halogens is 1. The molecule has 1 atom stereocenters. The molecule has 0 aliphatic carbocycles. The third-order valence-corrected chi connectivity index (χ3v) is 2.16. The maximum absolute atomic E-state index is 10.7. The number of methoxy groups -OCH3 is 1.